The third kappa shape index (κ3) is 3.58. The van der Waals surface area contributed by atoms with Gasteiger partial charge in [-0.2, -0.15) is 0 Å². The van der Waals surface area contributed by atoms with Crippen molar-refractivity contribution in [1.29, 1.82) is 0 Å². The lowest BCUT2D eigenvalue weighted by molar-refractivity contribution is 0.0787. The summed E-state index contributed by atoms with van der Waals surface area (Å²) >= 11 is 0. The maximum Gasteiger partial charge on any atom is 0.270 e. The predicted octanol–water partition coefficient (Wildman–Crippen LogP) is 3.72. The largest absolute Gasteiger partial charge is 0.367 e. The number of hydrogen-bond acceptors (Lipinski definition) is 3. The zero-order chi connectivity index (χ0) is 18.8. The minimum atomic E-state index is -0.0190. The van der Waals surface area contributed by atoms with E-state index in [1.54, 1.807) is 12.3 Å². The van der Waals surface area contributed by atoms with Crippen molar-refractivity contribution in [3.05, 3.63) is 66.0 Å². The summed E-state index contributed by atoms with van der Waals surface area (Å²) in [5.74, 6) is -0.0307. The van der Waals surface area contributed by atoms with Crippen molar-refractivity contribution >= 4 is 28.2 Å². The Kier molecular flexibility index (Phi) is 4.67. The molecule has 0 radical (unpaired) electrons. The van der Waals surface area contributed by atoms with Gasteiger partial charge in [-0.15, -0.1) is 0 Å². The Labute approximate surface area is 158 Å². The van der Waals surface area contributed by atoms with Gasteiger partial charge in [0.05, 0.1) is 6.54 Å². The molecular formula is C22H23N3O2. The van der Waals surface area contributed by atoms with E-state index in [0.29, 0.717) is 11.3 Å². The van der Waals surface area contributed by atoms with Crippen LogP contribution in [0.15, 0.2) is 54.7 Å². The number of nitrogens with one attached hydrogen (secondary N) is 1. The molecule has 1 aliphatic heterocycles. The van der Waals surface area contributed by atoms with E-state index in [2.05, 4.69) is 29.2 Å². The summed E-state index contributed by atoms with van der Waals surface area (Å²) in [7, 11) is 1.91. The van der Waals surface area contributed by atoms with E-state index in [4.69, 9.17) is 0 Å². The summed E-state index contributed by atoms with van der Waals surface area (Å²) in [4.78, 5) is 31.8. The first kappa shape index (κ1) is 17.3. The second-order valence-corrected chi connectivity index (χ2v) is 7.11. The van der Waals surface area contributed by atoms with Crippen LogP contribution in [-0.2, 0) is 0 Å². The first-order valence-corrected chi connectivity index (χ1v) is 9.32. The van der Waals surface area contributed by atoms with Gasteiger partial charge >= 0.3 is 0 Å². The summed E-state index contributed by atoms with van der Waals surface area (Å²) in [6.07, 6.45) is 3.74. The second kappa shape index (κ2) is 7.27. The van der Waals surface area contributed by atoms with Gasteiger partial charge in [0, 0.05) is 37.6 Å². The van der Waals surface area contributed by atoms with Gasteiger partial charge in [-0.25, -0.2) is 0 Å². The molecule has 0 bridgehead atoms. The number of amides is 1. The molecule has 2 aromatic carbocycles. The molecule has 1 N–H and O–H groups in total. The molecule has 1 aliphatic rings. The first-order chi connectivity index (χ1) is 13.1. The van der Waals surface area contributed by atoms with Crippen LogP contribution in [0.2, 0.25) is 0 Å². The maximum absolute atomic E-state index is 12.7. The molecule has 0 saturated carbocycles. The minimum absolute atomic E-state index is 0.0117. The highest BCUT2D eigenvalue weighted by atomic mass is 16.2. The number of carbonyl (C=O) groups excluding carboxylic acids is 2. The van der Waals surface area contributed by atoms with Gasteiger partial charge in [0.2, 0.25) is 0 Å². The number of anilines is 1. The highest BCUT2D eigenvalue weighted by molar-refractivity contribution is 6.02. The number of aromatic nitrogens is 1. The lowest BCUT2D eigenvalue weighted by atomic mass is 10.1. The van der Waals surface area contributed by atoms with Gasteiger partial charge in [-0.3, -0.25) is 9.59 Å². The summed E-state index contributed by atoms with van der Waals surface area (Å²) in [6, 6.07) is 16.0. The van der Waals surface area contributed by atoms with Crippen LogP contribution in [0.4, 0.5) is 5.69 Å². The molecule has 138 valence electrons. The van der Waals surface area contributed by atoms with Crippen molar-refractivity contribution in [2.24, 2.45) is 0 Å². The number of hydrogen-bond donors (Lipinski definition) is 1. The van der Waals surface area contributed by atoms with Crippen molar-refractivity contribution in [2.45, 2.75) is 12.8 Å². The monoisotopic (exact) mass is 361 g/mol. The number of benzene rings is 2. The Balaban J connectivity index is 1.45. The number of fused-ring (bicyclic) bond motifs is 1. The second-order valence-electron chi connectivity index (χ2n) is 7.11. The maximum atomic E-state index is 12.7. The standard InChI is InChI=1S/C22H23N3O2/c1-24(19-9-8-16-6-2-3-7-17(16)12-19)15-21(26)18-13-20(23-14-18)22(27)25-10-4-5-11-25/h2-3,6-9,12-14,23H,4-5,10-11,15H2,1H3. The fourth-order valence-corrected chi connectivity index (χ4v) is 3.58. The Bertz CT molecular complexity index is 986. The quantitative estimate of drug-likeness (QED) is 0.705. The fourth-order valence-electron chi connectivity index (χ4n) is 3.58. The molecule has 2 heterocycles. The van der Waals surface area contributed by atoms with Crippen molar-refractivity contribution in [2.75, 3.05) is 31.6 Å². The van der Waals surface area contributed by atoms with E-state index in [9.17, 15) is 9.59 Å². The topological polar surface area (TPSA) is 56.4 Å². The number of likely N-dealkylation sites (N-methyl/N-ethyl adjacent to an activating group) is 1. The Hall–Kier alpha value is -3.08. The molecule has 1 fully saturated rings. The molecule has 1 aromatic heterocycles. The molecule has 0 atom stereocenters. The zero-order valence-electron chi connectivity index (χ0n) is 15.4. The Morgan fingerprint density at radius 3 is 2.56 bits per heavy atom. The van der Waals surface area contributed by atoms with Crippen molar-refractivity contribution in [3.8, 4) is 0 Å². The summed E-state index contributed by atoms with van der Waals surface area (Å²) in [6.45, 7) is 1.85. The molecule has 5 heteroatoms. The van der Waals surface area contributed by atoms with E-state index in [-0.39, 0.29) is 18.2 Å². The minimum Gasteiger partial charge on any atom is -0.367 e. The number of aromatic amines is 1. The van der Waals surface area contributed by atoms with Crippen LogP contribution >= 0.6 is 0 Å². The normalized spacial score (nSPS) is 13.9. The van der Waals surface area contributed by atoms with Crippen LogP contribution in [0, 0.1) is 0 Å². The van der Waals surface area contributed by atoms with Crippen LogP contribution in [-0.4, -0.2) is 48.3 Å². The highest BCUT2D eigenvalue weighted by Crippen LogP contribution is 2.22. The highest BCUT2D eigenvalue weighted by Gasteiger charge is 2.22. The van der Waals surface area contributed by atoms with Crippen molar-refractivity contribution in [1.82, 2.24) is 9.88 Å². The van der Waals surface area contributed by atoms with E-state index < -0.39 is 0 Å². The van der Waals surface area contributed by atoms with Gasteiger partial charge in [-0.1, -0.05) is 30.3 Å². The van der Waals surface area contributed by atoms with Crippen molar-refractivity contribution in [3.63, 3.8) is 0 Å². The van der Waals surface area contributed by atoms with Gasteiger partial charge < -0.3 is 14.8 Å². The number of likely N-dealkylation sites (tertiary alicyclic amines) is 1. The summed E-state index contributed by atoms with van der Waals surface area (Å²) in [5, 5.41) is 2.33. The Morgan fingerprint density at radius 1 is 1.04 bits per heavy atom. The molecule has 0 spiro atoms. The van der Waals surface area contributed by atoms with Crippen LogP contribution in [0.5, 0.6) is 0 Å². The lowest BCUT2D eigenvalue weighted by Crippen LogP contribution is -2.28. The SMILES string of the molecule is CN(CC(=O)c1c[nH]c(C(=O)N2CCCC2)c1)c1ccc2ccccc2c1. The molecule has 27 heavy (non-hydrogen) atoms. The van der Waals surface area contributed by atoms with Crippen LogP contribution < -0.4 is 4.90 Å². The van der Waals surface area contributed by atoms with Crippen LogP contribution in [0.25, 0.3) is 10.8 Å². The third-order valence-electron chi connectivity index (χ3n) is 5.18. The number of Topliss-reactive ketones (excluding diaryl/α,β-unsaturated/α-hetero) is 1. The van der Waals surface area contributed by atoms with E-state index in [1.165, 1.54) is 5.39 Å². The number of rotatable bonds is 5. The molecule has 0 unspecified atom stereocenters. The number of carbonyl (C=O) groups is 2. The van der Waals surface area contributed by atoms with E-state index in [0.717, 1.165) is 37.0 Å². The molecule has 1 amide bonds. The van der Waals surface area contributed by atoms with Crippen molar-refractivity contribution < 1.29 is 9.59 Å². The molecular weight excluding hydrogens is 338 g/mol. The van der Waals surface area contributed by atoms with Gasteiger partial charge in [0.25, 0.3) is 5.91 Å². The fraction of sp³-hybridized carbons (Fsp3) is 0.273. The molecule has 1 saturated heterocycles. The first-order valence-electron chi connectivity index (χ1n) is 9.32. The van der Waals surface area contributed by atoms with Crippen LogP contribution in [0.1, 0.15) is 33.7 Å². The average molecular weight is 361 g/mol. The number of ketones is 1. The Morgan fingerprint density at radius 2 is 1.78 bits per heavy atom. The zero-order valence-corrected chi connectivity index (χ0v) is 15.4. The van der Waals surface area contributed by atoms with Crippen LogP contribution in [0.3, 0.4) is 0 Å². The van der Waals surface area contributed by atoms with Gasteiger partial charge in [0.1, 0.15) is 5.69 Å². The predicted molar refractivity (Wildman–Crippen MR) is 107 cm³/mol. The third-order valence-corrected chi connectivity index (χ3v) is 5.18. The lowest BCUT2D eigenvalue weighted by Gasteiger charge is -2.18. The smallest absolute Gasteiger partial charge is 0.270 e. The summed E-state index contributed by atoms with van der Waals surface area (Å²) in [5.41, 5.74) is 2.03. The molecule has 3 aromatic rings. The molecule has 4 rings (SSSR count). The summed E-state index contributed by atoms with van der Waals surface area (Å²) < 4.78 is 0. The average Bonchev–Trinajstić information content (AvgIpc) is 3.39. The van der Waals surface area contributed by atoms with Gasteiger partial charge in [-0.05, 0) is 41.8 Å². The molecule has 5 nitrogen and oxygen atoms in total. The van der Waals surface area contributed by atoms with E-state index >= 15 is 0 Å². The van der Waals surface area contributed by atoms with Gasteiger partial charge in [0.15, 0.2) is 5.78 Å². The number of nitrogens with zero attached hydrogens (tertiary/aromatic N) is 2. The number of H-pyrrole nitrogens is 1. The van der Waals surface area contributed by atoms with E-state index in [1.807, 2.05) is 35.0 Å². The molecule has 0 aliphatic carbocycles.